The van der Waals surface area contributed by atoms with Gasteiger partial charge in [0.2, 0.25) is 0 Å². The summed E-state index contributed by atoms with van der Waals surface area (Å²) in [5, 5.41) is 3.88. The van der Waals surface area contributed by atoms with Gasteiger partial charge in [-0.05, 0) is 38.5 Å². The summed E-state index contributed by atoms with van der Waals surface area (Å²) in [6.45, 7) is 5.89. The van der Waals surface area contributed by atoms with Gasteiger partial charge in [-0.25, -0.2) is 0 Å². The number of halogens is 1. The monoisotopic (exact) mass is 331 g/mol. The van der Waals surface area contributed by atoms with E-state index in [1.54, 1.807) is 0 Å². The van der Waals surface area contributed by atoms with Gasteiger partial charge in [-0.3, -0.25) is 0 Å². The third-order valence-corrected chi connectivity index (χ3v) is 3.78. The number of rotatable bonds is 2. The van der Waals surface area contributed by atoms with Gasteiger partial charge in [0.15, 0.2) is 5.82 Å². The molecule has 3 rings (SSSR count). The Morgan fingerprint density at radius 2 is 1.65 bits per heavy atom. The molecule has 1 aromatic carbocycles. The van der Waals surface area contributed by atoms with Crippen molar-refractivity contribution in [1.29, 1.82) is 0 Å². The summed E-state index contributed by atoms with van der Waals surface area (Å²) in [5.41, 5.74) is 5.34. The number of aryl methyl sites for hydroxylation is 3. The minimum absolute atomic E-state index is 0.558. The maximum absolute atomic E-state index is 5.34. The number of aromatic nitrogens is 3. The molecule has 0 bridgehead atoms. The molecule has 0 atom stereocenters. The molecule has 102 valence electrons. The summed E-state index contributed by atoms with van der Waals surface area (Å²) in [4.78, 5) is 7.71. The van der Waals surface area contributed by atoms with Crippen molar-refractivity contribution in [3.05, 3.63) is 46.0 Å². The summed E-state index contributed by atoms with van der Waals surface area (Å²) in [5.74, 6) is 1.20. The zero-order valence-electron chi connectivity index (χ0n) is 11.5. The lowest BCUT2D eigenvalue weighted by Gasteiger charge is -2.04. The fourth-order valence-corrected chi connectivity index (χ4v) is 2.69. The topological polar surface area (TPSA) is 54.7 Å². The molecule has 2 heterocycles. The fourth-order valence-electron chi connectivity index (χ4n) is 2.42. The van der Waals surface area contributed by atoms with Gasteiger partial charge >= 0.3 is 0 Å². The quantitative estimate of drug-likeness (QED) is 0.756. The lowest BCUT2D eigenvalue weighted by atomic mass is 10.0. The fraction of sp³-hybridized carbons (Fsp3) is 0.200. The Balaban J connectivity index is 2.23. The summed E-state index contributed by atoms with van der Waals surface area (Å²) in [6.07, 6.45) is 0. The normalized spacial score (nSPS) is 11.0. The third kappa shape index (κ3) is 2.18. The van der Waals surface area contributed by atoms with Gasteiger partial charge in [0.05, 0.1) is 5.56 Å². The van der Waals surface area contributed by atoms with Crippen LogP contribution in [0.15, 0.2) is 33.3 Å². The van der Waals surface area contributed by atoms with E-state index in [0.717, 1.165) is 32.6 Å². The second kappa shape index (κ2) is 4.90. The van der Waals surface area contributed by atoms with Crippen molar-refractivity contribution in [2.45, 2.75) is 20.8 Å². The van der Waals surface area contributed by atoms with E-state index in [1.807, 2.05) is 26.0 Å². The van der Waals surface area contributed by atoms with Gasteiger partial charge in [-0.2, -0.15) is 4.98 Å². The highest BCUT2D eigenvalue weighted by atomic mass is 79.9. The third-order valence-electron chi connectivity index (χ3n) is 3.25. The first kappa shape index (κ1) is 13.1. The first-order valence-corrected chi connectivity index (χ1v) is 7.11. The molecule has 0 unspecified atom stereocenters. The molecule has 3 aromatic rings. The Morgan fingerprint density at radius 1 is 1.00 bits per heavy atom. The highest BCUT2D eigenvalue weighted by molar-refractivity contribution is 9.10. The van der Waals surface area contributed by atoms with Gasteiger partial charge in [-0.1, -0.05) is 33.2 Å². The minimum atomic E-state index is 0.558. The molecule has 0 amide bonds. The highest BCUT2D eigenvalue weighted by Gasteiger charge is 2.20. The van der Waals surface area contributed by atoms with E-state index in [0.29, 0.717) is 11.7 Å². The van der Waals surface area contributed by atoms with Crippen molar-refractivity contribution in [2.75, 3.05) is 0 Å². The number of aromatic amines is 1. The van der Waals surface area contributed by atoms with E-state index in [-0.39, 0.29) is 0 Å². The van der Waals surface area contributed by atoms with E-state index in [1.165, 1.54) is 0 Å². The van der Waals surface area contributed by atoms with Crippen molar-refractivity contribution in [3.8, 4) is 22.6 Å². The summed E-state index contributed by atoms with van der Waals surface area (Å²) in [6, 6.07) is 8.21. The summed E-state index contributed by atoms with van der Waals surface area (Å²) >= 11 is 3.46. The highest BCUT2D eigenvalue weighted by Crippen LogP contribution is 2.37. The van der Waals surface area contributed by atoms with Crippen molar-refractivity contribution in [1.82, 2.24) is 15.1 Å². The predicted octanol–water partition coefficient (Wildman–Crippen LogP) is 4.42. The maximum Gasteiger partial charge on any atom is 0.260 e. The van der Waals surface area contributed by atoms with Crippen molar-refractivity contribution < 1.29 is 4.52 Å². The zero-order chi connectivity index (χ0) is 14.3. The molecule has 0 aliphatic carbocycles. The smallest absolute Gasteiger partial charge is 0.260 e. The number of nitrogens with zero attached hydrogens (tertiary/aromatic N) is 2. The predicted molar refractivity (Wildman–Crippen MR) is 81.4 cm³/mol. The van der Waals surface area contributed by atoms with E-state index >= 15 is 0 Å². The standard InChI is InChI=1S/C15H14BrN3O/c1-8-13(11-4-6-12(16)7-5-11)14(9(2)17-8)15-18-10(3)19-20-15/h4-7,17H,1-3H3. The molecule has 5 heteroatoms. The molecule has 0 fully saturated rings. The number of nitrogens with one attached hydrogen (secondary N) is 1. The van der Waals surface area contributed by atoms with Gasteiger partial charge < -0.3 is 9.51 Å². The SMILES string of the molecule is Cc1noc(-c2c(C)[nH]c(C)c2-c2ccc(Br)cc2)n1. The lowest BCUT2D eigenvalue weighted by Crippen LogP contribution is -1.85. The summed E-state index contributed by atoms with van der Waals surface area (Å²) < 4.78 is 6.40. The summed E-state index contributed by atoms with van der Waals surface area (Å²) in [7, 11) is 0. The lowest BCUT2D eigenvalue weighted by molar-refractivity contribution is 0.425. The molecule has 0 aliphatic rings. The Hall–Kier alpha value is -1.88. The Morgan fingerprint density at radius 3 is 2.25 bits per heavy atom. The van der Waals surface area contributed by atoms with Crippen molar-refractivity contribution in [2.24, 2.45) is 0 Å². The van der Waals surface area contributed by atoms with Crippen molar-refractivity contribution in [3.63, 3.8) is 0 Å². The molecule has 0 spiro atoms. The van der Waals surface area contributed by atoms with Crippen LogP contribution in [0.2, 0.25) is 0 Å². The second-order valence-electron chi connectivity index (χ2n) is 4.78. The molecule has 0 saturated carbocycles. The number of hydrogen-bond donors (Lipinski definition) is 1. The van der Waals surface area contributed by atoms with Crippen LogP contribution in [0.3, 0.4) is 0 Å². The molecular weight excluding hydrogens is 318 g/mol. The van der Waals surface area contributed by atoms with E-state index in [4.69, 9.17) is 4.52 Å². The molecule has 2 aromatic heterocycles. The first-order chi connectivity index (χ1) is 9.56. The van der Waals surface area contributed by atoms with Crippen LogP contribution in [-0.2, 0) is 0 Å². The van der Waals surface area contributed by atoms with Gasteiger partial charge in [0.1, 0.15) is 0 Å². The first-order valence-electron chi connectivity index (χ1n) is 6.32. The number of benzene rings is 1. The largest absolute Gasteiger partial charge is 0.362 e. The van der Waals surface area contributed by atoms with Crippen molar-refractivity contribution >= 4 is 15.9 Å². The molecule has 0 saturated heterocycles. The molecule has 4 nitrogen and oxygen atoms in total. The second-order valence-corrected chi connectivity index (χ2v) is 5.69. The van der Waals surface area contributed by atoms with Crippen LogP contribution in [0.4, 0.5) is 0 Å². The van der Waals surface area contributed by atoms with Crippen LogP contribution in [0.25, 0.3) is 22.6 Å². The van der Waals surface area contributed by atoms with Crippen LogP contribution in [0, 0.1) is 20.8 Å². The maximum atomic E-state index is 5.34. The zero-order valence-corrected chi connectivity index (χ0v) is 13.1. The van der Waals surface area contributed by atoms with Crippen LogP contribution in [-0.4, -0.2) is 15.1 Å². The van der Waals surface area contributed by atoms with Gasteiger partial charge in [0.25, 0.3) is 5.89 Å². The minimum Gasteiger partial charge on any atom is -0.362 e. The van der Waals surface area contributed by atoms with Crippen LogP contribution in [0.5, 0.6) is 0 Å². The molecule has 0 radical (unpaired) electrons. The van der Waals surface area contributed by atoms with Gasteiger partial charge in [0, 0.05) is 21.4 Å². The van der Waals surface area contributed by atoms with Crippen LogP contribution < -0.4 is 0 Å². The van der Waals surface area contributed by atoms with Gasteiger partial charge in [-0.15, -0.1) is 0 Å². The average molecular weight is 332 g/mol. The average Bonchev–Trinajstić information content (AvgIpc) is 2.94. The number of H-pyrrole nitrogens is 1. The molecule has 20 heavy (non-hydrogen) atoms. The molecule has 0 aliphatic heterocycles. The van der Waals surface area contributed by atoms with Crippen LogP contribution >= 0.6 is 15.9 Å². The Bertz CT molecular complexity index is 756. The Kier molecular flexibility index (Phi) is 3.22. The Labute approximate surface area is 125 Å². The number of hydrogen-bond acceptors (Lipinski definition) is 3. The van der Waals surface area contributed by atoms with E-state index in [9.17, 15) is 0 Å². The van der Waals surface area contributed by atoms with E-state index < -0.39 is 0 Å². The van der Waals surface area contributed by atoms with Crippen LogP contribution in [0.1, 0.15) is 17.2 Å². The molecular formula is C15H14BrN3O. The van der Waals surface area contributed by atoms with E-state index in [2.05, 4.69) is 50.1 Å². The molecule has 1 N–H and O–H groups in total.